The van der Waals surface area contributed by atoms with Crippen LogP contribution in [0.4, 0.5) is 0 Å². The van der Waals surface area contributed by atoms with E-state index in [0.29, 0.717) is 10.0 Å². The lowest BCUT2D eigenvalue weighted by molar-refractivity contribution is -0.117. The van der Waals surface area contributed by atoms with Crippen molar-refractivity contribution in [1.82, 2.24) is 5.32 Å². The Hall–Kier alpha value is -0.770. The van der Waals surface area contributed by atoms with Gasteiger partial charge < -0.3 is 11.1 Å². The van der Waals surface area contributed by atoms with Crippen LogP contribution in [0, 0.1) is 0 Å². The van der Waals surface area contributed by atoms with Gasteiger partial charge in [0.1, 0.15) is 0 Å². The number of rotatable bonds is 6. The molecule has 0 saturated carbocycles. The number of hydrogen-bond acceptors (Lipinski definition) is 2. The highest BCUT2D eigenvalue weighted by atomic mass is 35.5. The third-order valence-corrected chi connectivity index (χ3v) is 2.99. The Kier molecular flexibility index (Phi) is 5.60. The lowest BCUT2D eigenvalue weighted by Crippen LogP contribution is -2.29. The number of nitrogens with one attached hydrogen (secondary N) is 1. The second kappa shape index (κ2) is 6.74. The maximum absolute atomic E-state index is 10.5. The second-order valence-corrected chi connectivity index (χ2v) is 4.24. The average Bonchev–Trinajstić information content (AvgIpc) is 2.23. The summed E-state index contributed by atoms with van der Waals surface area (Å²) in [6.45, 7) is 0.940. The zero-order chi connectivity index (χ0) is 12.0. The normalized spacial score (nSPS) is 10.4. The van der Waals surface area contributed by atoms with Crippen LogP contribution in [0.15, 0.2) is 18.2 Å². The Bertz CT molecular complexity index is 369. The van der Waals surface area contributed by atoms with E-state index in [0.717, 1.165) is 24.9 Å². The van der Waals surface area contributed by atoms with Crippen molar-refractivity contribution in [3.63, 3.8) is 0 Å². The van der Waals surface area contributed by atoms with Gasteiger partial charge in [-0.1, -0.05) is 35.3 Å². The molecule has 0 atom stereocenters. The zero-order valence-electron chi connectivity index (χ0n) is 8.80. The Balaban J connectivity index is 2.32. The van der Waals surface area contributed by atoms with Crippen LogP contribution in [0.3, 0.4) is 0 Å². The van der Waals surface area contributed by atoms with E-state index in [2.05, 4.69) is 5.32 Å². The second-order valence-electron chi connectivity index (χ2n) is 3.46. The number of carbonyl (C=O) groups excluding carboxylic acids is 1. The monoisotopic (exact) mass is 260 g/mol. The van der Waals surface area contributed by atoms with Crippen molar-refractivity contribution < 1.29 is 4.79 Å². The van der Waals surface area contributed by atoms with Crippen LogP contribution in [0.1, 0.15) is 12.0 Å². The molecule has 1 aromatic rings. The minimum atomic E-state index is -0.346. The summed E-state index contributed by atoms with van der Waals surface area (Å²) in [5.41, 5.74) is 6.01. The van der Waals surface area contributed by atoms with E-state index >= 15 is 0 Å². The van der Waals surface area contributed by atoms with Gasteiger partial charge in [0.2, 0.25) is 5.91 Å². The van der Waals surface area contributed by atoms with Crippen LogP contribution in [0.25, 0.3) is 0 Å². The predicted octanol–water partition coefficient (Wildman–Crippen LogP) is 2.00. The summed E-state index contributed by atoms with van der Waals surface area (Å²) in [5, 5.41) is 4.12. The number of aryl methyl sites for hydroxylation is 1. The minimum absolute atomic E-state index is 0.212. The summed E-state index contributed by atoms with van der Waals surface area (Å²) in [6.07, 6.45) is 1.71. The van der Waals surface area contributed by atoms with Gasteiger partial charge in [0.15, 0.2) is 0 Å². The quantitative estimate of drug-likeness (QED) is 0.769. The van der Waals surface area contributed by atoms with E-state index in [9.17, 15) is 4.79 Å². The van der Waals surface area contributed by atoms with Gasteiger partial charge >= 0.3 is 0 Å². The zero-order valence-corrected chi connectivity index (χ0v) is 10.3. The van der Waals surface area contributed by atoms with Gasteiger partial charge in [-0.05, 0) is 31.0 Å². The molecule has 0 saturated heterocycles. The standard InChI is InChI=1S/C11H14Cl2N2O/c12-9-5-1-3-8(11(9)13)4-2-6-15-7-10(14)16/h1,3,5,15H,2,4,6-7H2,(H2,14,16). The molecule has 0 aliphatic carbocycles. The van der Waals surface area contributed by atoms with Crippen molar-refractivity contribution in [2.45, 2.75) is 12.8 Å². The third kappa shape index (κ3) is 4.39. The molecule has 88 valence electrons. The van der Waals surface area contributed by atoms with Crippen LogP contribution in [0.5, 0.6) is 0 Å². The fourth-order valence-corrected chi connectivity index (χ4v) is 1.77. The van der Waals surface area contributed by atoms with Crippen LogP contribution < -0.4 is 11.1 Å². The Morgan fingerprint density at radius 2 is 2.12 bits per heavy atom. The number of primary amides is 1. The number of amides is 1. The van der Waals surface area contributed by atoms with Crippen LogP contribution in [-0.4, -0.2) is 19.0 Å². The van der Waals surface area contributed by atoms with Gasteiger partial charge in [-0.15, -0.1) is 0 Å². The van der Waals surface area contributed by atoms with Crippen LogP contribution in [0.2, 0.25) is 10.0 Å². The van der Waals surface area contributed by atoms with Crippen molar-refractivity contribution in [3.05, 3.63) is 33.8 Å². The number of carbonyl (C=O) groups is 1. The van der Waals surface area contributed by atoms with E-state index in [4.69, 9.17) is 28.9 Å². The molecule has 0 aliphatic heterocycles. The summed E-state index contributed by atoms with van der Waals surface area (Å²) in [4.78, 5) is 10.5. The molecule has 0 heterocycles. The largest absolute Gasteiger partial charge is 0.369 e. The number of benzene rings is 1. The van der Waals surface area contributed by atoms with E-state index in [1.54, 1.807) is 6.07 Å². The van der Waals surface area contributed by atoms with Crippen molar-refractivity contribution in [3.8, 4) is 0 Å². The SMILES string of the molecule is NC(=O)CNCCCc1cccc(Cl)c1Cl. The summed E-state index contributed by atoms with van der Waals surface area (Å²) in [7, 11) is 0. The molecule has 0 aliphatic rings. The fraction of sp³-hybridized carbons (Fsp3) is 0.364. The van der Waals surface area contributed by atoms with E-state index in [-0.39, 0.29) is 12.5 Å². The molecule has 0 bridgehead atoms. The van der Waals surface area contributed by atoms with Gasteiger partial charge in [0, 0.05) is 0 Å². The average molecular weight is 261 g/mol. The lowest BCUT2D eigenvalue weighted by Gasteiger charge is -2.06. The van der Waals surface area contributed by atoms with Crippen LogP contribution >= 0.6 is 23.2 Å². The van der Waals surface area contributed by atoms with Crippen molar-refractivity contribution in [1.29, 1.82) is 0 Å². The highest BCUT2D eigenvalue weighted by Crippen LogP contribution is 2.26. The molecule has 0 unspecified atom stereocenters. The molecule has 3 N–H and O–H groups in total. The van der Waals surface area contributed by atoms with Gasteiger partial charge in [-0.2, -0.15) is 0 Å². The predicted molar refractivity (Wildman–Crippen MR) is 66.8 cm³/mol. The first-order valence-electron chi connectivity index (χ1n) is 5.03. The molecule has 0 spiro atoms. The van der Waals surface area contributed by atoms with E-state index < -0.39 is 0 Å². The molecule has 1 aromatic carbocycles. The molecular weight excluding hydrogens is 247 g/mol. The summed E-state index contributed by atoms with van der Waals surface area (Å²) in [5.74, 6) is -0.346. The molecule has 16 heavy (non-hydrogen) atoms. The highest BCUT2D eigenvalue weighted by molar-refractivity contribution is 6.42. The van der Waals surface area contributed by atoms with Crippen LogP contribution in [-0.2, 0) is 11.2 Å². The molecule has 5 heteroatoms. The van der Waals surface area contributed by atoms with Crippen molar-refractivity contribution in [2.24, 2.45) is 5.73 Å². The molecule has 3 nitrogen and oxygen atoms in total. The summed E-state index contributed by atoms with van der Waals surface area (Å²) in [6, 6.07) is 5.58. The van der Waals surface area contributed by atoms with Gasteiger partial charge in [0.05, 0.1) is 16.6 Å². The molecule has 1 rings (SSSR count). The summed E-state index contributed by atoms with van der Waals surface area (Å²) >= 11 is 11.9. The topological polar surface area (TPSA) is 55.1 Å². The minimum Gasteiger partial charge on any atom is -0.369 e. The fourth-order valence-electron chi connectivity index (χ4n) is 1.36. The first-order chi connectivity index (χ1) is 7.61. The first kappa shape index (κ1) is 13.3. The van der Waals surface area contributed by atoms with Gasteiger partial charge in [-0.25, -0.2) is 0 Å². The van der Waals surface area contributed by atoms with Gasteiger partial charge in [-0.3, -0.25) is 4.79 Å². The number of nitrogens with two attached hydrogens (primary N) is 1. The molecular formula is C11H14Cl2N2O. The highest BCUT2D eigenvalue weighted by Gasteiger charge is 2.03. The van der Waals surface area contributed by atoms with E-state index in [1.807, 2.05) is 12.1 Å². The molecule has 1 amide bonds. The maximum atomic E-state index is 10.5. The van der Waals surface area contributed by atoms with E-state index in [1.165, 1.54) is 0 Å². The molecule has 0 fully saturated rings. The smallest absolute Gasteiger partial charge is 0.231 e. The molecule has 0 radical (unpaired) electrons. The molecule has 0 aromatic heterocycles. The Morgan fingerprint density at radius 1 is 1.38 bits per heavy atom. The number of halogens is 2. The number of hydrogen-bond donors (Lipinski definition) is 2. The Morgan fingerprint density at radius 3 is 2.81 bits per heavy atom. The third-order valence-electron chi connectivity index (χ3n) is 2.13. The van der Waals surface area contributed by atoms with Crippen molar-refractivity contribution >= 4 is 29.1 Å². The lowest BCUT2D eigenvalue weighted by atomic mass is 10.1. The summed E-state index contributed by atoms with van der Waals surface area (Å²) < 4.78 is 0. The maximum Gasteiger partial charge on any atom is 0.231 e. The van der Waals surface area contributed by atoms with Crippen molar-refractivity contribution in [2.75, 3.05) is 13.1 Å². The Labute approximate surface area is 105 Å². The van der Waals surface area contributed by atoms with Gasteiger partial charge in [0.25, 0.3) is 0 Å². The first-order valence-corrected chi connectivity index (χ1v) is 5.78.